The fourth-order valence-electron chi connectivity index (χ4n) is 2.68. The van der Waals surface area contributed by atoms with Crippen LogP contribution in [-0.2, 0) is 4.79 Å². The molecule has 22 heavy (non-hydrogen) atoms. The molecule has 1 aliphatic heterocycles. The molecule has 1 aliphatic rings. The number of rotatable bonds is 2. The van der Waals surface area contributed by atoms with Crippen LogP contribution in [0.4, 0.5) is 5.69 Å². The molecule has 0 aliphatic carbocycles. The quantitative estimate of drug-likeness (QED) is 0.840. The first-order chi connectivity index (χ1) is 10.7. The van der Waals surface area contributed by atoms with E-state index in [-0.39, 0.29) is 0 Å². The van der Waals surface area contributed by atoms with Crippen molar-refractivity contribution in [3.05, 3.63) is 70.0 Å². The summed E-state index contributed by atoms with van der Waals surface area (Å²) < 4.78 is 0.930. The summed E-state index contributed by atoms with van der Waals surface area (Å²) in [6.45, 7) is 0. The number of carbonyl (C=O) groups excluding carboxylic acids is 1. The maximum Gasteiger partial charge on any atom is 0.147 e. The van der Waals surface area contributed by atoms with E-state index in [1.165, 1.54) is 0 Å². The largest absolute Gasteiger partial charge is 0.384 e. The van der Waals surface area contributed by atoms with Crippen LogP contribution in [0.25, 0.3) is 5.57 Å². The van der Waals surface area contributed by atoms with Gasteiger partial charge in [0.15, 0.2) is 0 Å². The lowest BCUT2D eigenvalue weighted by atomic mass is 9.90. The molecule has 108 valence electrons. The van der Waals surface area contributed by atoms with Crippen molar-refractivity contribution in [2.45, 2.75) is 6.04 Å². The Kier molecular flexibility index (Phi) is 3.70. The number of fused-ring (bicyclic) bond motifs is 1. The van der Waals surface area contributed by atoms with Crippen LogP contribution < -0.4 is 10.6 Å². The van der Waals surface area contributed by atoms with Gasteiger partial charge in [-0.25, -0.2) is 0 Å². The van der Waals surface area contributed by atoms with Crippen molar-refractivity contribution in [1.82, 2.24) is 0 Å². The Hall–Kier alpha value is -2.58. The first kappa shape index (κ1) is 14.4. The van der Waals surface area contributed by atoms with Crippen LogP contribution in [0.3, 0.4) is 0 Å². The summed E-state index contributed by atoms with van der Waals surface area (Å²) in [4.78, 5) is 13.4. The second-order valence-electron chi connectivity index (χ2n) is 4.89. The van der Waals surface area contributed by atoms with Crippen LogP contribution in [-0.4, -0.2) is 6.29 Å². The van der Waals surface area contributed by atoms with E-state index in [4.69, 9.17) is 5.73 Å². The van der Waals surface area contributed by atoms with Gasteiger partial charge >= 0.3 is 0 Å². The Labute approximate surface area is 136 Å². The van der Waals surface area contributed by atoms with Gasteiger partial charge in [-0.15, -0.1) is 0 Å². The van der Waals surface area contributed by atoms with Crippen molar-refractivity contribution in [3.8, 4) is 6.07 Å². The molecule has 0 bridgehead atoms. The Morgan fingerprint density at radius 3 is 2.50 bits per heavy atom. The van der Waals surface area contributed by atoms with Gasteiger partial charge in [-0.3, -0.25) is 0 Å². The van der Waals surface area contributed by atoms with Crippen molar-refractivity contribution in [2.75, 3.05) is 4.90 Å². The number of allylic oxidation sites excluding steroid dienone is 1. The zero-order valence-corrected chi connectivity index (χ0v) is 13.1. The molecule has 0 fully saturated rings. The zero-order valence-electron chi connectivity index (χ0n) is 11.5. The number of nitrogens with zero attached hydrogens (tertiary/aromatic N) is 2. The Bertz CT molecular complexity index is 805. The number of benzene rings is 2. The van der Waals surface area contributed by atoms with Crippen molar-refractivity contribution >= 4 is 33.5 Å². The van der Waals surface area contributed by atoms with Gasteiger partial charge in [-0.2, -0.15) is 5.26 Å². The van der Waals surface area contributed by atoms with Crippen molar-refractivity contribution < 1.29 is 4.79 Å². The summed E-state index contributed by atoms with van der Waals surface area (Å²) in [5.74, 6) is 0.292. The average Bonchev–Trinajstić information content (AvgIpc) is 2.55. The molecule has 0 spiro atoms. The van der Waals surface area contributed by atoms with E-state index >= 15 is 0 Å². The van der Waals surface area contributed by atoms with Crippen molar-refractivity contribution in [2.24, 2.45) is 5.73 Å². The number of nitriles is 1. The molecular weight excluding hydrogens is 342 g/mol. The minimum absolute atomic E-state index is 0.292. The van der Waals surface area contributed by atoms with Gasteiger partial charge in [0.1, 0.15) is 24.2 Å². The number of nitrogens with two attached hydrogens (primary N) is 1. The molecule has 0 saturated carbocycles. The molecular formula is C17H12BrN3O. The van der Waals surface area contributed by atoms with Gasteiger partial charge < -0.3 is 15.4 Å². The van der Waals surface area contributed by atoms with Crippen LogP contribution in [0.5, 0.6) is 0 Å². The minimum Gasteiger partial charge on any atom is -0.384 e. The summed E-state index contributed by atoms with van der Waals surface area (Å²) in [6.07, 6.45) is 0.849. The lowest BCUT2D eigenvalue weighted by Gasteiger charge is -2.36. The molecule has 2 aromatic carbocycles. The summed E-state index contributed by atoms with van der Waals surface area (Å²) in [7, 11) is 0. The normalized spacial score (nSPS) is 16.9. The highest BCUT2D eigenvalue weighted by Gasteiger charge is 2.32. The number of halogens is 1. The molecule has 3 rings (SSSR count). The van der Waals surface area contributed by atoms with E-state index in [0.717, 1.165) is 22.0 Å². The number of hydrogen-bond donors (Lipinski definition) is 1. The molecule has 1 unspecified atom stereocenters. The maximum absolute atomic E-state index is 11.7. The number of aldehydes is 1. The molecule has 0 radical (unpaired) electrons. The van der Waals surface area contributed by atoms with E-state index < -0.39 is 6.04 Å². The number of hydrogen-bond acceptors (Lipinski definition) is 4. The average molecular weight is 354 g/mol. The fraction of sp³-hybridized carbons (Fsp3) is 0.0588. The predicted octanol–water partition coefficient (Wildman–Crippen LogP) is 3.36. The second-order valence-corrected chi connectivity index (χ2v) is 5.80. The smallest absolute Gasteiger partial charge is 0.147 e. The van der Waals surface area contributed by atoms with Gasteiger partial charge in [0, 0.05) is 15.7 Å². The standard InChI is InChI=1S/C17H12BrN3O/c18-11-5-7-12(8-6-11)21-16(10-22)14-4-2-1-3-13(14)15(9-19)17(21)20/h1-8,10,16H,20H2. The summed E-state index contributed by atoms with van der Waals surface area (Å²) in [5, 5.41) is 9.47. The Morgan fingerprint density at radius 2 is 1.86 bits per heavy atom. The van der Waals surface area contributed by atoms with Crippen LogP contribution in [0.2, 0.25) is 0 Å². The summed E-state index contributed by atoms with van der Waals surface area (Å²) in [5.41, 5.74) is 8.85. The van der Waals surface area contributed by atoms with Crippen molar-refractivity contribution in [1.29, 1.82) is 5.26 Å². The fourth-order valence-corrected chi connectivity index (χ4v) is 2.95. The minimum atomic E-state index is -0.547. The second kappa shape index (κ2) is 5.66. The van der Waals surface area contributed by atoms with E-state index in [2.05, 4.69) is 22.0 Å². The molecule has 5 heteroatoms. The molecule has 1 heterocycles. The first-order valence-electron chi connectivity index (χ1n) is 6.66. The van der Waals surface area contributed by atoms with Gasteiger partial charge in [-0.05, 0) is 29.8 Å². The monoisotopic (exact) mass is 353 g/mol. The topological polar surface area (TPSA) is 70.1 Å². The molecule has 0 aromatic heterocycles. The van der Waals surface area contributed by atoms with Crippen LogP contribution >= 0.6 is 15.9 Å². The number of carbonyl (C=O) groups is 1. The lowest BCUT2D eigenvalue weighted by molar-refractivity contribution is -0.109. The molecule has 2 aromatic rings. The van der Waals surface area contributed by atoms with Crippen LogP contribution in [0.1, 0.15) is 17.2 Å². The molecule has 1 atom stereocenters. The third-order valence-corrected chi connectivity index (χ3v) is 4.22. The summed E-state index contributed by atoms with van der Waals surface area (Å²) >= 11 is 3.38. The highest BCUT2D eigenvalue weighted by Crippen LogP contribution is 2.39. The third-order valence-electron chi connectivity index (χ3n) is 3.69. The van der Waals surface area contributed by atoms with E-state index in [0.29, 0.717) is 17.0 Å². The van der Waals surface area contributed by atoms with E-state index in [1.807, 2.05) is 48.5 Å². The SMILES string of the molecule is N#CC1=C(N)N(c2ccc(Br)cc2)C(C=O)c2ccccc21. The zero-order chi connectivity index (χ0) is 15.7. The van der Waals surface area contributed by atoms with Crippen molar-refractivity contribution in [3.63, 3.8) is 0 Å². The lowest BCUT2D eigenvalue weighted by Crippen LogP contribution is -2.37. The maximum atomic E-state index is 11.7. The van der Waals surface area contributed by atoms with Gasteiger partial charge in [0.25, 0.3) is 0 Å². The first-order valence-corrected chi connectivity index (χ1v) is 7.46. The Morgan fingerprint density at radius 1 is 1.18 bits per heavy atom. The third kappa shape index (κ3) is 2.18. The highest BCUT2D eigenvalue weighted by atomic mass is 79.9. The van der Waals surface area contributed by atoms with Crippen LogP contribution in [0.15, 0.2) is 58.8 Å². The van der Waals surface area contributed by atoms with Gasteiger partial charge in [0.05, 0.1) is 5.57 Å². The molecule has 0 saturated heterocycles. The van der Waals surface area contributed by atoms with Crippen LogP contribution in [0, 0.1) is 11.3 Å². The van der Waals surface area contributed by atoms with Gasteiger partial charge in [0.2, 0.25) is 0 Å². The molecule has 0 amide bonds. The molecule has 2 N–H and O–H groups in total. The number of anilines is 1. The molecule has 4 nitrogen and oxygen atoms in total. The van der Waals surface area contributed by atoms with E-state index in [9.17, 15) is 10.1 Å². The van der Waals surface area contributed by atoms with Gasteiger partial charge in [-0.1, -0.05) is 40.2 Å². The highest BCUT2D eigenvalue weighted by molar-refractivity contribution is 9.10. The summed E-state index contributed by atoms with van der Waals surface area (Å²) in [6, 6.07) is 16.4. The predicted molar refractivity (Wildman–Crippen MR) is 88.6 cm³/mol. The Balaban J connectivity index is 2.24. The van der Waals surface area contributed by atoms with E-state index in [1.54, 1.807) is 4.90 Å².